The number of halogens is 2. The summed E-state index contributed by atoms with van der Waals surface area (Å²) in [7, 11) is 1.86. The minimum Gasteiger partial charge on any atom is -0.322 e. The molecule has 1 N–H and O–H groups in total. The van der Waals surface area contributed by atoms with Crippen molar-refractivity contribution in [2.45, 2.75) is 6.54 Å². The number of amides is 1. The Bertz CT molecular complexity index is 602. The lowest BCUT2D eigenvalue weighted by molar-refractivity contribution is -0.117. The highest BCUT2D eigenvalue weighted by Crippen LogP contribution is 2.22. The van der Waals surface area contributed by atoms with Gasteiger partial charge in [0.1, 0.15) is 5.82 Å². The first-order valence-corrected chi connectivity index (χ1v) is 7.62. The molecule has 0 bridgehead atoms. The fraction of sp³-hybridized carbons (Fsp3) is 0.214. The van der Waals surface area contributed by atoms with Gasteiger partial charge in [0.2, 0.25) is 5.91 Å². The highest BCUT2D eigenvalue weighted by atomic mass is 79.9. The van der Waals surface area contributed by atoms with Gasteiger partial charge in [-0.1, -0.05) is 12.1 Å². The number of benzene rings is 1. The molecule has 0 saturated carbocycles. The predicted octanol–water partition coefficient (Wildman–Crippen LogP) is 3.72. The molecule has 0 saturated heterocycles. The minimum atomic E-state index is -0.425. The molecule has 2 rings (SSSR count). The van der Waals surface area contributed by atoms with Gasteiger partial charge < -0.3 is 5.32 Å². The normalized spacial score (nSPS) is 10.8. The fourth-order valence-electron chi connectivity index (χ4n) is 1.76. The van der Waals surface area contributed by atoms with Crippen molar-refractivity contribution < 1.29 is 9.18 Å². The molecule has 0 aliphatic carbocycles. The van der Waals surface area contributed by atoms with E-state index in [4.69, 9.17) is 0 Å². The van der Waals surface area contributed by atoms with Crippen LogP contribution in [0.4, 0.5) is 10.1 Å². The van der Waals surface area contributed by atoms with Crippen molar-refractivity contribution in [3.63, 3.8) is 0 Å². The van der Waals surface area contributed by atoms with Gasteiger partial charge in [-0.25, -0.2) is 4.39 Å². The number of carbonyl (C=O) groups is 1. The lowest BCUT2D eigenvalue weighted by Crippen LogP contribution is -2.29. The molecule has 6 heteroatoms. The van der Waals surface area contributed by atoms with E-state index in [0.29, 0.717) is 6.54 Å². The van der Waals surface area contributed by atoms with Crippen LogP contribution < -0.4 is 5.32 Å². The third-order valence-corrected chi connectivity index (χ3v) is 4.22. The Balaban J connectivity index is 1.86. The third kappa shape index (κ3) is 4.40. The predicted molar refractivity (Wildman–Crippen MR) is 83.4 cm³/mol. The zero-order valence-electron chi connectivity index (χ0n) is 10.9. The number of thiophene rings is 1. The average Bonchev–Trinajstić information content (AvgIpc) is 2.77. The van der Waals surface area contributed by atoms with Crippen LogP contribution in [0.2, 0.25) is 0 Å². The van der Waals surface area contributed by atoms with Gasteiger partial charge in [-0.05, 0) is 47.2 Å². The molecule has 0 aliphatic rings. The number of carbonyl (C=O) groups excluding carboxylic acids is 1. The topological polar surface area (TPSA) is 32.3 Å². The van der Waals surface area contributed by atoms with Crippen molar-refractivity contribution in [3.8, 4) is 0 Å². The first-order chi connectivity index (χ1) is 9.54. The highest BCUT2D eigenvalue weighted by molar-refractivity contribution is 9.11. The zero-order valence-corrected chi connectivity index (χ0v) is 13.3. The summed E-state index contributed by atoms with van der Waals surface area (Å²) in [6.07, 6.45) is 0. The first-order valence-electron chi connectivity index (χ1n) is 6.02. The summed E-state index contributed by atoms with van der Waals surface area (Å²) in [6, 6.07) is 10.1. The van der Waals surface area contributed by atoms with Gasteiger partial charge >= 0.3 is 0 Å². The number of hydrogen-bond acceptors (Lipinski definition) is 3. The van der Waals surface area contributed by atoms with E-state index in [2.05, 4.69) is 21.2 Å². The van der Waals surface area contributed by atoms with E-state index >= 15 is 0 Å². The van der Waals surface area contributed by atoms with Gasteiger partial charge in [0, 0.05) is 11.4 Å². The number of para-hydroxylation sites is 1. The molecule has 1 aromatic heterocycles. The Morgan fingerprint density at radius 1 is 1.35 bits per heavy atom. The Kier molecular flexibility index (Phi) is 5.28. The van der Waals surface area contributed by atoms with Crippen molar-refractivity contribution >= 4 is 38.9 Å². The minimum absolute atomic E-state index is 0.212. The van der Waals surface area contributed by atoms with Crippen molar-refractivity contribution in [3.05, 3.63) is 50.9 Å². The molecule has 2 aromatic rings. The maximum Gasteiger partial charge on any atom is 0.238 e. The average molecular weight is 357 g/mol. The van der Waals surface area contributed by atoms with Crippen molar-refractivity contribution in [1.82, 2.24) is 4.90 Å². The smallest absolute Gasteiger partial charge is 0.238 e. The molecule has 0 spiro atoms. The number of hydrogen-bond donors (Lipinski definition) is 1. The SMILES string of the molecule is CN(CC(=O)Nc1ccccc1F)Cc1ccc(Br)s1. The molecule has 0 aliphatic heterocycles. The molecule has 1 heterocycles. The Morgan fingerprint density at radius 3 is 2.75 bits per heavy atom. The maximum absolute atomic E-state index is 13.4. The van der Waals surface area contributed by atoms with Crippen LogP contribution in [0.3, 0.4) is 0 Å². The monoisotopic (exact) mass is 356 g/mol. The van der Waals surface area contributed by atoms with Crippen LogP contribution in [0.5, 0.6) is 0 Å². The van der Waals surface area contributed by atoms with E-state index in [1.807, 2.05) is 24.1 Å². The number of nitrogens with zero attached hydrogens (tertiary/aromatic N) is 1. The molecule has 0 fully saturated rings. The summed E-state index contributed by atoms with van der Waals surface area (Å²) in [5.41, 5.74) is 0.213. The van der Waals surface area contributed by atoms with Crippen molar-refractivity contribution in [2.75, 3.05) is 18.9 Å². The van der Waals surface area contributed by atoms with Gasteiger partial charge in [-0.3, -0.25) is 9.69 Å². The largest absolute Gasteiger partial charge is 0.322 e. The zero-order chi connectivity index (χ0) is 14.5. The van der Waals surface area contributed by atoms with E-state index < -0.39 is 5.82 Å². The van der Waals surface area contributed by atoms with Crippen LogP contribution in [-0.2, 0) is 11.3 Å². The first kappa shape index (κ1) is 15.2. The molecular weight excluding hydrogens is 343 g/mol. The van der Waals surface area contributed by atoms with Crippen LogP contribution >= 0.6 is 27.3 Å². The second kappa shape index (κ2) is 6.97. The molecule has 1 amide bonds. The number of likely N-dealkylation sites (N-methyl/N-ethyl adjacent to an activating group) is 1. The summed E-state index contributed by atoms with van der Waals surface area (Å²) in [6.45, 7) is 0.894. The maximum atomic E-state index is 13.4. The van der Waals surface area contributed by atoms with Crippen LogP contribution in [0, 0.1) is 5.82 Å². The number of rotatable bonds is 5. The molecule has 1 aromatic carbocycles. The third-order valence-electron chi connectivity index (χ3n) is 2.62. The van der Waals surface area contributed by atoms with E-state index in [-0.39, 0.29) is 18.1 Å². The van der Waals surface area contributed by atoms with Gasteiger partial charge in [0.05, 0.1) is 16.0 Å². The van der Waals surface area contributed by atoms with Crippen LogP contribution in [0.1, 0.15) is 4.88 Å². The molecule has 20 heavy (non-hydrogen) atoms. The standard InChI is InChI=1S/C14H14BrFN2OS/c1-18(8-10-6-7-13(15)20-10)9-14(19)17-12-5-3-2-4-11(12)16/h2-7H,8-9H2,1H3,(H,17,19). The molecule has 3 nitrogen and oxygen atoms in total. The van der Waals surface area contributed by atoms with Gasteiger partial charge in [0.15, 0.2) is 0 Å². The van der Waals surface area contributed by atoms with E-state index in [9.17, 15) is 9.18 Å². The van der Waals surface area contributed by atoms with E-state index in [1.165, 1.54) is 6.07 Å². The quantitative estimate of drug-likeness (QED) is 0.885. The van der Waals surface area contributed by atoms with Gasteiger partial charge in [-0.15, -0.1) is 11.3 Å². The lowest BCUT2D eigenvalue weighted by Gasteiger charge is -2.15. The Hall–Kier alpha value is -1.24. The number of anilines is 1. The summed E-state index contributed by atoms with van der Waals surface area (Å²) < 4.78 is 14.5. The van der Waals surface area contributed by atoms with Crippen LogP contribution in [0.15, 0.2) is 40.2 Å². The summed E-state index contributed by atoms with van der Waals surface area (Å²) in [5, 5.41) is 2.57. The van der Waals surface area contributed by atoms with E-state index in [0.717, 1.165) is 8.66 Å². The van der Waals surface area contributed by atoms with Gasteiger partial charge in [-0.2, -0.15) is 0 Å². The fourth-order valence-corrected chi connectivity index (χ4v) is 3.32. The van der Waals surface area contributed by atoms with Crippen molar-refractivity contribution in [2.24, 2.45) is 0 Å². The second-order valence-corrected chi connectivity index (χ2v) is 6.95. The molecule has 0 atom stereocenters. The Labute approximate surface area is 129 Å². The lowest BCUT2D eigenvalue weighted by atomic mass is 10.3. The highest BCUT2D eigenvalue weighted by Gasteiger charge is 2.10. The molecule has 106 valence electrons. The summed E-state index contributed by atoms with van der Waals surface area (Å²) in [4.78, 5) is 14.9. The Morgan fingerprint density at radius 2 is 2.10 bits per heavy atom. The summed E-state index contributed by atoms with van der Waals surface area (Å²) in [5.74, 6) is -0.654. The van der Waals surface area contributed by atoms with Gasteiger partial charge in [0.25, 0.3) is 0 Å². The van der Waals surface area contributed by atoms with E-state index in [1.54, 1.807) is 29.5 Å². The van der Waals surface area contributed by atoms with Crippen LogP contribution in [-0.4, -0.2) is 24.4 Å². The van der Waals surface area contributed by atoms with Crippen molar-refractivity contribution in [1.29, 1.82) is 0 Å². The second-order valence-electron chi connectivity index (χ2n) is 4.41. The summed E-state index contributed by atoms with van der Waals surface area (Å²) >= 11 is 5.04. The molecule has 0 unspecified atom stereocenters. The molecule has 0 radical (unpaired) electrons. The van der Waals surface area contributed by atoms with Crippen LogP contribution in [0.25, 0.3) is 0 Å². The number of nitrogens with one attached hydrogen (secondary N) is 1. The molecular formula is C14H14BrFN2OS.